The molecule has 2 heterocycles. The van der Waals surface area contributed by atoms with Crippen LogP contribution < -0.4 is 16.2 Å². The fraction of sp³-hybridized carbons (Fsp3) is 0.182. The van der Waals surface area contributed by atoms with E-state index in [9.17, 15) is 14.4 Å². The Morgan fingerprint density at radius 2 is 1.94 bits per heavy atom. The number of cyclic esters (lactones) is 1. The first-order valence-corrected chi connectivity index (χ1v) is 10.0. The fourth-order valence-corrected chi connectivity index (χ4v) is 3.35. The summed E-state index contributed by atoms with van der Waals surface area (Å²) in [6.07, 6.45) is -0.193. The first-order chi connectivity index (χ1) is 14.9. The maximum atomic E-state index is 12.5. The number of esters is 1. The molecule has 0 bridgehead atoms. The lowest BCUT2D eigenvalue weighted by atomic mass is 10.1. The summed E-state index contributed by atoms with van der Waals surface area (Å²) >= 11 is 5.91. The number of aromatic amines is 1. The zero-order valence-electron chi connectivity index (χ0n) is 16.6. The monoisotopic (exact) mass is 438 g/mol. The minimum Gasteiger partial charge on any atom is -0.452 e. The molecule has 1 aromatic heterocycles. The maximum Gasteiger partial charge on any atom is 0.306 e. The Labute approximate surface area is 182 Å². The van der Waals surface area contributed by atoms with Crippen LogP contribution >= 0.6 is 11.6 Å². The van der Waals surface area contributed by atoms with Crippen LogP contribution in [-0.4, -0.2) is 27.9 Å². The summed E-state index contributed by atoms with van der Waals surface area (Å²) in [6.45, 7) is 1.68. The number of hydrogen-bond acceptors (Lipinski definition) is 6. The highest BCUT2D eigenvalue weighted by Crippen LogP contribution is 2.25. The second kappa shape index (κ2) is 8.61. The minimum atomic E-state index is -0.786. The zero-order valence-corrected chi connectivity index (χ0v) is 17.3. The molecule has 31 heavy (non-hydrogen) atoms. The molecule has 1 aliphatic heterocycles. The number of nitrogens with one attached hydrogen (secondary N) is 3. The van der Waals surface area contributed by atoms with Gasteiger partial charge in [-0.2, -0.15) is 0 Å². The van der Waals surface area contributed by atoms with E-state index >= 15 is 0 Å². The average molecular weight is 439 g/mol. The molecule has 0 spiro atoms. The third kappa shape index (κ3) is 4.75. The summed E-state index contributed by atoms with van der Waals surface area (Å²) in [4.78, 5) is 43.3. The van der Waals surface area contributed by atoms with Gasteiger partial charge in [0.1, 0.15) is 0 Å². The van der Waals surface area contributed by atoms with E-state index in [-0.39, 0.29) is 29.8 Å². The van der Waals surface area contributed by atoms with Crippen molar-refractivity contribution in [2.75, 3.05) is 10.6 Å². The van der Waals surface area contributed by atoms with Gasteiger partial charge >= 0.3 is 5.97 Å². The Morgan fingerprint density at radius 3 is 2.65 bits per heavy atom. The van der Waals surface area contributed by atoms with Gasteiger partial charge < -0.3 is 15.4 Å². The number of anilines is 3. The number of nitrogens with zero attached hydrogens (tertiary/aromatic N) is 1. The van der Waals surface area contributed by atoms with Crippen molar-refractivity contribution in [1.82, 2.24) is 9.97 Å². The number of aromatic nitrogens is 2. The molecule has 1 amide bonds. The molecule has 0 saturated carbocycles. The van der Waals surface area contributed by atoms with Crippen molar-refractivity contribution in [3.05, 3.63) is 69.5 Å². The summed E-state index contributed by atoms with van der Waals surface area (Å²) < 4.78 is 5.00. The van der Waals surface area contributed by atoms with Gasteiger partial charge in [-0.1, -0.05) is 23.7 Å². The molecule has 3 aromatic rings. The summed E-state index contributed by atoms with van der Waals surface area (Å²) in [5.41, 5.74) is 2.52. The van der Waals surface area contributed by atoms with Crippen LogP contribution in [0.5, 0.6) is 0 Å². The van der Waals surface area contributed by atoms with E-state index in [0.29, 0.717) is 34.0 Å². The van der Waals surface area contributed by atoms with Crippen molar-refractivity contribution in [3.8, 4) is 11.3 Å². The van der Waals surface area contributed by atoms with Gasteiger partial charge in [0.15, 0.2) is 6.10 Å². The van der Waals surface area contributed by atoms with Crippen LogP contribution in [0.2, 0.25) is 5.02 Å². The summed E-state index contributed by atoms with van der Waals surface area (Å²) in [7, 11) is 0. The Morgan fingerprint density at radius 1 is 1.16 bits per heavy atom. The summed E-state index contributed by atoms with van der Waals surface area (Å²) in [5.74, 6) is -0.484. The van der Waals surface area contributed by atoms with Crippen LogP contribution in [0, 0.1) is 6.92 Å². The zero-order chi connectivity index (χ0) is 22.0. The number of hydrogen-bond donors (Lipinski definition) is 3. The van der Waals surface area contributed by atoms with Gasteiger partial charge in [0, 0.05) is 40.4 Å². The second-order valence-electron chi connectivity index (χ2n) is 7.11. The number of ether oxygens (including phenoxy) is 1. The lowest BCUT2D eigenvalue weighted by molar-refractivity contribution is -0.146. The molecule has 2 aromatic carbocycles. The molecule has 0 unspecified atom stereocenters. The van der Waals surface area contributed by atoms with Crippen LogP contribution in [0.3, 0.4) is 0 Å². The largest absolute Gasteiger partial charge is 0.452 e. The molecule has 8 nitrogen and oxygen atoms in total. The van der Waals surface area contributed by atoms with Gasteiger partial charge in [0.2, 0.25) is 5.95 Å². The first kappa shape index (κ1) is 20.6. The number of benzene rings is 2. The number of carbonyl (C=O) groups is 2. The maximum absolute atomic E-state index is 12.5. The number of rotatable bonds is 5. The van der Waals surface area contributed by atoms with Gasteiger partial charge in [-0.05, 0) is 43.3 Å². The molecule has 0 aliphatic carbocycles. The Kier molecular flexibility index (Phi) is 5.73. The second-order valence-corrected chi connectivity index (χ2v) is 7.54. The smallest absolute Gasteiger partial charge is 0.306 e. The average Bonchev–Trinajstić information content (AvgIpc) is 3.19. The lowest BCUT2D eigenvalue weighted by Crippen LogP contribution is -2.27. The highest BCUT2D eigenvalue weighted by Gasteiger charge is 2.29. The molecule has 158 valence electrons. The van der Waals surface area contributed by atoms with Crippen LogP contribution in [0.1, 0.15) is 18.4 Å². The minimum absolute atomic E-state index is 0.234. The predicted octanol–water partition coefficient (Wildman–Crippen LogP) is 3.79. The van der Waals surface area contributed by atoms with E-state index in [1.165, 1.54) is 0 Å². The van der Waals surface area contributed by atoms with Gasteiger partial charge in [-0.25, -0.2) is 4.98 Å². The van der Waals surface area contributed by atoms with Gasteiger partial charge in [0.25, 0.3) is 11.5 Å². The Bertz CT molecular complexity index is 1210. The van der Waals surface area contributed by atoms with Crippen LogP contribution in [0.15, 0.2) is 53.3 Å². The number of H-pyrrole nitrogens is 1. The number of carbonyl (C=O) groups excluding carboxylic acids is 2. The molecule has 1 aliphatic rings. The topological polar surface area (TPSA) is 113 Å². The summed E-state index contributed by atoms with van der Waals surface area (Å²) in [5, 5.41) is 6.40. The predicted molar refractivity (Wildman–Crippen MR) is 118 cm³/mol. The Balaban J connectivity index is 1.60. The van der Waals surface area contributed by atoms with Gasteiger partial charge in [-0.15, -0.1) is 0 Å². The highest BCUT2D eigenvalue weighted by molar-refractivity contribution is 6.30. The van der Waals surface area contributed by atoms with E-state index in [4.69, 9.17) is 16.3 Å². The van der Waals surface area contributed by atoms with Crippen molar-refractivity contribution in [2.45, 2.75) is 25.9 Å². The normalized spacial score (nSPS) is 15.4. The quantitative estimate of drug-likeness (QED) is 0.522. The molecule has 1 atom stereocenters. The van der Waals surface area contributed by atoms with Gasteiger partial charge in [-0.3, -0.25) is 19.4 Å². The molecular formula is C22H19ClN4O4. The van der Waals surface area contributed by atoms with Crippen LogP contribution in [-0.2, 0) is 14.3 Å². The molecule has 1 saturated heterocycles. The van der Waals surface area contributed by atoms with E-state index < -0.39 is 6.10 Å². The van der Waals surface area contributed by atoms with Crippen molar-refractivity contribution in [2.24, 2.45) is 0 Å². The van der Waals surface area contributed by atoms with Crippen molar-refractivity contribution in [3.63, 3.8) is 0 Å². The van der Waals surface area contributed by atoms with Crippen molar-refractivity contribution >= 4 is 40.8 Å². The molecule has 9 heteroatoms. The molecule has 4 rings (SSSR count). The van der Waals surface area contributed by atoms with E-state index in [1.807, 2.05) is 0 Å². The third-order valence-electron chi connectivity index (χ3n) is 4.84. The highest BCUT2D eigenvalue weighted by atomic mass is 35.5. The number of amides is 1. The molecule has 1 fully saturated rings. The fourth-order valence-electron chi connectivity index (χ4n) is 3.22. The van der Waals surface area contributed by atoms with E-state index in [0.717, 1.165) is 5.69 Å². The first-order valence-electron chi connectivity index (χ1n) is 9.63. The van der Waals surface area contributed by atoms with Crippen molar-refractivity contribution in [1.29, 1.82) is 0 Å². The standard InChI is InChI=1S/C22H19ClN4O4/c1-12-19(26-22(27-20(12)29)25-15-7-5-14(23)6-8-15)13-3-2-4-16(11-13)24-21(30)17-9-10-18(28)31-17/h2-8,11,17H,9-10H2,1H3,(H,24,30)(H2,25,26,27,29)/t17-/m0/s1. The SMILES string of the molecule is Cc1c(-c2cccc(NC(=O)[C@@H]3CCC(=O)O3)c2)nc(Nc2ccc(Cl)cc2)[nH]c1=O. The third-order valence-corrected chi connectivity index (χ3v) is 5.09. The van der Waals surface area contributed by atoms with Crippen LogP contribution in [0.4, 0.5) is 17.3 Å². The molecule has 3 N–H and O–H groups in total. The van der Waals surface area contributed by atoms with Crippen molar-refractivity contribution < 1.29 is 14.3 Å². The van der Waals surface area contributed by atoms with E-state index in [2.05, 4.69) is 20.6 Å². The van der Waals surface area contributed by atoms with E-state index in [1.54, 1.807) is 55.5 Å². The molecule has 0 radical (unpaired) electrons. The van der Waals surface area contributed by atoms with Crippen LogP contribution in [0.25, 0.3) is 11.3 Å². The Hall–Kier alpha value is -3.65. The number of halogens is 1. The lowest BCUT2D eigenvalue weighted by Gasteiger charge is -2.13. The summed E-state index contributed by atoms with van der Waals surface area (Å²) in [6, 6.07) is 14.0. The molecular weight excluding hydrogens is 420 g/mol. The van der Waals surface area contributed by atoms with Gasteiger partial charge in [0.05, 0.1) is 5.69 Å².